The van der Waals surface area contributed by atoms with E-state index in [2.05, 4.69) is 15.4 Å². The van der Waals surface area contributed by atoms with Gasteiger partial charge in [0.25, 0.3) is 0 Å². The van der Waals surface area contributed by atoms with Crippen molar-refractivity contribution in [3.63, 3.8) is 0 Å². The predicted molar refractivity (Wildman–Crippen MR) is 80.1 cm³/mol. The van der Waals surface area contributed by atoms with E-state index >= 15 is 0 Å². The highest BCUT2D eigenvalue weighted by Crippen LogP contribution is 2.25. The van der Waals surface area contributed by atoms with E-state index in [4.69, 9.17) is 10.9 Å². The van der Waals surface area contributed by atoms with Crippen LogP contribution in [0, 0.1) is 12.8 Å². The van der Waals surface area contributed by atoms with E-state index in [0.717, 1.165) is 22.3 Å². The second-order valence-corrected chi connectivity index (χ2v) is 4.96. The highest BCUT2D eigenvalue weighted by Gasteiger charge is 2.15. The summed E-state index contributed by atoms with van der Waals surface area (Å²) < 4.78 is 0. The van der Waals surface area contributed by atoms with Gasteiger partial charge in [-0.1, -0.05) is 36.3 Å². The number of aryl methyl sites for hydroxylation is 1. The summed E-state index contributed by atoms with van der Waals surface area (Å²) in [7, 11) is 1.92. The van der Waals surface area contributed by atoms with Crippen molar-refractivity contribution in [2.45, 2.75) is 13.8 Å². The summed E-state index contributed by atoms with van der Waals surface area (Å²) >= 11 is 0. The summed E-state index contributed by atoms with van der Waals surface area (Å²) in [6, 6.07) is 8.02. The largest absolute Gasteiger partial charge is 0.409 e. The molecule has 0 aliphatic heterocycles. The third-order valence-electron chi connectivity index (χ3n) is 3.38. The molecule has 2 aromatic rings. The first kappa shape index (κ1) is 14.0. The summed E-state index contributed by atoms with van der Waals surface area (Å²) in [5.74, 6) is 0.928. The number of fused-ring (bicyclic) bond motifs is 1. The molecule has 20 heavy (non-hydrogen) atoms. The lowest BCUT2D eigenvalue weighted by Crippen LogP contribution is -2.33. The normalized spacial score (nSPS) is 13.4. The number of nitrogens with two attached hydrogens (primary N) is 1. The quantitative estimate of drug-likeness (QED) is 0.383. The van der Waals surface area contributed by atoms with Gasteiger partial charge in [-0.15, -0.1) is 5.10 Å². The molecule has 6 heteroatoms. The lowest BCUT2D eigenvalue weighted by atomic mass is 10.1. The third kappa shape index (κ3) is 2.64. The summed E-state index contributed by atoms with van der Waals surface area (Å²) in [5, 5.41) is 22.4. The number of hydrogen-bond donors (Lipinski definition) is 2. The van der Waals surface area contributed by atoms with Crippen molar-refractivity contribution in [1.82, 2.24) is 10.2 Å². The van der Waals surface area contributed by atoms with Crippen LogP contribution in [-0.2, 0) is 0 Å². The van der Waals surface area contributed by atoms with Crippen LogP contribution in [-0.4, -0.2) is 34.8 Å². The van der Waals surface area contributed by atoms with Gasteiger partial charge in [0.2, 0.25) is 0 Å². The maximum atomic E-state index is 8.71. The van der Waals surface area contributed by atoms with Crippen LogP contribution < -0.4 is 10.6 Å². The number of hydrogen-bond acceptors (Lipinski definition) is 5. The first-order valence-corrected chi connectivity index (χ1v) is 6.45. The minimum Gasteiger partial charge on any atom is -0.409 e. The van der Waals surface area contributed by atoms with E-state index in [9.17, 15) is 0 Å². The van der Waals surface area contributed by atoms with Gasteiger partial charge >= 0.3 is 0 Å². The van der Waals surface area contributed by atoms with Crippen molar-refractivity contribution in [2.75, 3.05) is 18.5 Å². The van der Waals surface area contributed by atoms with Crippen molar-refractivity contribution in [3.8, 4) is 0 Å². The van der Waals surface area contributed by atoms with Crippen molar-refractivity contribution in [1.29, 1.82) is 0 Å². The monoisotopic (exact) mass is 273 g/mol. The Labute approximate surface area is 117 Å². The zero-order chi connectivity index (χ0) is 14.7. The summed E-state index contributed by atoms with van der Waals surface area (Å²) in [6.45, 7) is 4.44. The fraction of sp³-hybridized carbons (Fsp3) is 0.357. The van der Waals surface area contributed by atoms with Gasteiger partial charge in [-0.25, -0.2) is 0 Å². The molecule has 0 aliphatic rings. The Morgan fingerprint density at radius 2 is 2.00 bits per heavy atom. The molecule has 106 valence electrons. The van der Waals surface area contributed by atoms with Gasteiger partial charge in [-0.3, -0.25) is 0 Å². The molecule has 2 rings (SSSR count). The smallest absolute Gasteiger partial charge is 0.158 e. The third-order valence-corrected chi connectivity index (χ3v) is 3.38. The second-order valence-electron chi connectivity index (χ2n) is 4.96. The number of anilines is 1. The Hall–Kier alpha value is -2.37. The van der Waals surface area contributed by atoms with Crippen molar-refractivity contribution < 1.29 is 5.21 Å². The average molecular weight is 273 g/mol. The Balaban J connectivity index is 2.36. The minimum absolute atomic E-state index is 0.0770. The summed E-state index contributed by atoms with van der Waals surface area (Å²) in [5.41, 5.74) is 6.52. The molecule has 3 N–H and O–H groups in total. The fourth-order valence-electron chi connectivity index (χ4n) is 2.20. The number of benzene rings is 1. The standard InChI is InChI=1S/C14H19N5O/c1-9(13(15)18-20)8-19(3)14-12-7-5-4-6-11(12)10(2)16-17-14/h4-7,9,20H,8H2,1-3H3,(H2,15,18). The number of oxime groups is 1. The second kappa shape index (κ2) is 5.73. The molecular weight excluding hydrogens is 254 g/mol. The first-order chi connectivity index (χ1) is 9.54. The van der Waals surface area contributed by atoms with Crippen LogP contribution in [0.1, 0.15) is 12.6 Å². The van der Waals surface area contributed by atoms with Crippen LogP contribution in [0.25, 0.3) is 10.8 Å². The van der Waals surface area contributed by atoms with Gasteiger partial charge < -0.3 is 15.8 Å². The van der Waals surface area contributed by atoms with Gasteiger partial charge in [0.1, 0.15) is 5.84 Å². The summed E-state index contributed by atoms with van der Waals surface area (Å²) in [6.07, 6.45) is 0. The van der Waals surface area contributed by atoms with Gasteiger partial charge in [0.15, 0.2) is 5.82 Å². The molecule has 0 aliphatic carbocycles. The maximum absolute atomic E-state index is 8.71. The molecule has 0 saturated heterocycles. The molecule has 0 saturated carbocycles. The van der Waals surface area contributed by atoms with Crippen LogP contribution in [0.4, 0.5) is 5.82 Å². The van der Waals surface area contributed by atoms with Crippen LogP contribution in [0.5, 0.6) is 0 Å². The van der Waals surface area contributed by atoms with E-state index in [1.54, 1.807) is 0 Å². The zero-order valence-corrected chi connectivity index (χ0v) is 11.9. The first-order valence-electron chi connectivity index (χ1n) is 6.45. The topological polar surface area (TPSA) is 87.6 Å². The van der Waals surface area contributed by atoms with Crippen molar-refractivity contribution >= 4 is 22.4 Å². The lowest BCUT2D eigenvalue weighted by Gasteiger charge is -2.22. The van der Waals surface area contributed by atoms with E-state index in [1.165, 1.54) is 0 Å². The van der Waals surface area contributed by atoms with Gasteiger partial charge in [-0.2, -0.15) is 5.10 Å². The van der Waals surface area contributed by atoms with Crippen LogP contribution in [0.15, 0.2) is 29.4 Å². The van der Waals surface area contributed by atoms with Crippen LogP contribution >= 0.6 is 0 Å². The van der Waals surface area contributed by atoms with Gasteiger partial charge in [0, 0.05) is 30.3 Å². The number of aromatic nitrogens is 2. The number of nitrogens with zero attached hydrogens (tertiary/aromatic N) is 4. The molecule has 1 atom stereocenters. The number of rotatable bonds is 4. The fourth-order valence-corrected chi connectivity index (χ4v) is 2.20. The Bertz CT molecular complexity index is 640. The molecule has 1 unspecified atom stereocenters. The summed E-state index contributed by atoms with van der Waals surface area (Å²) in [4.78, 5) is 1.97. The predicted octanol–water partition coefficient (Wildman–Crippen LogP) is 1.76. The molecule has 0 bridgehead atoms. The van der Waals surface area contributed by atoms with Gasteiger partial charge in [0.05, 0.1) is 5.69 Å². The van der Waals surface area contributed by atoms with Gasteiger partial charge in [-0.05, 0) is 6.92 Å². The average Bonchev–Trinajstić information content (AvgIpc) is 2.46. The van der Waals surface area contributed by atoms with Crippen LogP contribution in [0.2, 0.25) is 0 Å². The van der Waals surface area contributed by atoms with E-state index in [1.807, 2.05) is 50.1 Å². The molecule has 0 radical (unpaired) electrons. The molecule has 0 spiro atoms. The van der Waals surface area contributed by atoms with E-state index < -0.39 is 0 Å². The molecule has 6 nitrogen and oxygen atoms in total. The molecule has 0 amide bonds. The van der Waals surface area contributed by atoms with E-state index in [0.29, 0.717) is 6.54 Å². The molecule has 1 aromatic heterocycles. The molecule has 1 heterocycles. The number of amidine groups is 1. The maximum Gasteiger partial charge on any atom is 0.158 e. The minimum atomic E-state index is -0.0770. The highest BCUT2D eigenvalue weighted by molar-refractivity contribution is 5.93. The zero-order valence-electron chi connectivity index (χ0n) is 11.9. The van der Waals surface area contributed by atoms with Crippen LogP contribution in [0.3, 0.4) is 0 Å². The van der Waals surface area contributed by atoms with E-state index in [-0.39, 0.29) is 11.8 Å². The Morgan fingerprint density at radius 3 is 2.65 bits per heavy atom. The van der Waals surface area contributed by atoms with Crippen molar-refractivity contribution in [2.24, 2.45) is 16.8 Å². The Morgan fingerprint density at radius 1 is 1.35 bits per heavy atom. The molecule has 0 fully saturated rings. The van der Waals surface area contributed by atoms with Crippen molar-refractivity contribution in [3.05, 3.63) is 30.0 Å². The highest BCUT2D eigenvalue weighted by atomic mass is 16.4. The molecule has 1 aromatic carbocycles. The molecular formula is C14H19N5O. The lowest BCUT2D eigenvalue weighted by molar-refractivity contribution is 0.314. The SMILES string of the molecule is Cc1nnc(N(C)CC(C)C(N)=NO)c2ccccc12. The Kier molecular flexibility index (Phi) is 4.02.